The van der Waals surface area contributed by atoms with Gasteiger partial charge in [-0.1, -0.05) is 12.1 Å². The Balaban J connectivity index is 0.00000242. The number of rotatable bonds is 5. The van der Waals surface area contributed by atoms with Crippen LogP contribution in [0.25, 0.3) is 0 Å². The molecule has 4 nitrogen and oxygen atoms in total. The third-order valence-electron chi connectivity index (χ3n) is 4.42. The van der Waals surface area contributed by atoms with Crippen molar-refractivity contribution in [1.82, 2.24) is 4.90 Å². The summed E-state index contributed by atoms with van der Waals surface area (Å²) in [4.78, 5) is 14.5. The van der Waals surface area contributed by atoms with E-state index in [1.807, 2.05) is 19.1 Å². The van der Waals surface area contributed by atoms with Crippen LogP contribution in [0.5, 0.6) is 0 Å². The minimum atomic E-state index is 0. The Morgan fingerprint density at radius 3 is 2.91 bits per heavy atom. The van der Waals surface area contributed by atoms with E-state index in [1.54, 1.807) is 0 Å². The minimum absolute atomic E-state index is 0. The quantitative estimate of drug-likeness (QED) is 0.875. The number of nitrogens with two attached hydrogens (primary N) is 1. The molecule has 1 amide bonds. The fourth-order valence-corrected chi connectivity index (χ4v) is 3.05. The maximum absolute atomic E-state index is 12.2. The number of piperidine rings is 1. The Morgan fingerprint density at radius 1 is 1.41 bits per heavy atom. The van der Waals surface area contributed by atoms with Gasteiger partial charge in [0.2, 0.25) is 5.91 Å². The van der Waals surface area contributed by atoms with Crippen molar-refractivity contribution in [3.05, 3.63) is 29.3 Å². The molecule has 0 radical (unpaired) electrons. The first kappa shape index (κ1) is 18.9. The van der Waals surface area contributed by atoms with Gasteiger partial charge in [0.25, 0.3) is 0 Å². The third kappa shape index (κ3) is 5.27. The number of nitrogens with one attached hydrogen (secondary N) is 1. The van der Waals surface area contributed by atoms with E-state index in [4.69, 9.17) is 5.73 Å². The maximum atomic E-state index is 12.2. The number of benzene rings is 1. The zero-order valence-corrected chi connectivity index (χ0v) is 14.4. The third-order valence-corrected chi connectivity index (χ3v) is 4.42. The van der Waals surface area contributed by atoms with Crippen molar-refractivity contribution in [2.45, 2.75) is 33.1 Å². The van der Waals surface area contributed by atoms with Gasteiger partial charge >= 0.3 is 0 Å². The van der Waals surface area contributed by atoms with Crippen molar-refractivity contribution < 1.29 is 4.79 Å². The molecule has 124 valence electrons. The van der Waals surface area contributed by atoms with Crippen LogP contribution in [0, 0.1) is 19.8 Å². The van der Waals surface area contributed by atoms with Gasteiger partial charge in [0, 0.05) is 12.2 Å². The van der Waals surface area contributed by atoms with Gasteiger partial charge in [0.05, 0.1) is 6.54 Å². The highest BCUT2D eigenvalue weighted by Crippen LogP contribution is 2.20. The molecular weight excluding hydrogens is 298 g/mol. The van der Waals surface area contributed by atoms with E-state index in [0.29, 0.717) is 12.5 Å². The molecule has 1 unspecified atom stereocenters. The Kier molecular flexibility index (Phi) is 7.87. The highest BCUT2D eigenvalue weighted by Gasteiger charge is 2.21. The van der Waals surface area contributed by atoms with Crippen LogP contribution in [0.15, 0.2) is 18.2 Å². The molecule has 1 atom stereocenters. The van der Waals surface area contributed by atoms with Crippen LogP contribution in [0.2, 0.25) is 0 Å². The summed E-state index contributed by atoms with van der Waals surface area (Å²) in [6.45, 7) is 7.34. The maximum Gasteiger partial charge on any atom is 0.238 e. The second kappa shape index (κ2) is 9.13. The summed E-state index contributed by atoms with van der Waals surface area (Å²) < 4.78 is 0. The molecular formula is C17H28ClN3O. The van der Waals surface area contributed by atoms with Crippen LogP contribution in [0.1, 0.15) is 30.4 Å². The van der Waals surface area contributed by atoms with Crippen LogP contribution in [0.4, 0.5) is 5.69 Å². The summed E-state index contributed by atoms with van der Waals surface area (Å²) in [6.07, 6.45) is 3.48. The SMILES string of the molecule is Cc1cccc(NC(=O)CN2CCCC(CCN)C2)c1C.Cl. The molecule has 1 aliphatic heterocycles. The van der Waals surface area contributed by atoms with E-state index in [-0.39, 0.29) is 18.3 Å². The highest BCUT2D eigenvalue weighted by molar-refractivity contribution is 5.93. The van der Waals surface area contributed by atoms with Crippen LogP contribution < -0.4 is 11.1 Å². The molecule has 1 heterocycles. The second-order valence-electron chi connectivity index (χ2n) is 6.12. The molecule has 0 spiro atoms. The normalized spacial score (nSPS) is 18.6. The number of hydrogen-bond acceptors (Lipinski definition) is 3. The lowest BCUT2D eigenvalue weighted by atomic mass is 9.95. The average Bonchev–Trinajstić information content (AvgIpc) is 2.44. The lowest BCUT2D eigenvalue weighted by Gasteiger charge is -2.32. The Bertz CT molecular complexity index is 491. The van der Waals surface area contributed by atoms with E-state index in [2.05, 4.69) is 23.2 Å². The molecule has 1 fully saturated rings. The van der Waals surface area contributed by atoms with Crippen molar-refractivity contribution in [2.24, 2.45) is 11.7 Å². The Hall–Kier alpha value is -1.10. The predicted molar refractivity (Wildman–Crippen MR) is 94.6 cm³/mol. The first-order valence-electron chi connectivity index (χ1n) is 7.88. The molecule has 1 aromatic carbocycles. The molecule has 1 aliphatic rings. The summed E-state index contributed by atoms with van der Waals surface area (Å²) in [6, 6.07) is 6.01. The molecule has 3 N–H and O–H groups in total. The second-order valence-corrected chi connectivity index (χ2v) is 6.12. The zero-order chi connectivity index (χ0) is 15.2. The number of likely N-dealkylation sites (tertiary alicyclic amines) is 1. The molecule has 1 aromatic rings. The van der Waals surface area contributed by atoms with Crippen molar-refractivity contribution in [3.8, 4) is 0 Å². The molecule has 2 rings (SSSR count). The number of nitrogens with zero attached hydrogens (tertiary/aromatic N) is 1. The van der Waals surface area contributed by atoms with Crippen molar-refractivity contribution >= 4 is 24.0 Å². The molecule has 1 saturated heterocycles. The van der Waals surface area contributed by atoms with E-state index in [0.717, 1.165) is 37.3 Å². The molecule has 0 aromatic heterocycles. The van der Waals surface area contributed by atoms with Crippen molar-refractivity contribution in [1.29, 1.82) is 0 Å². The number of carbonyl (C=O) groups excluding carboxylic acids is 1. The Morgan fingerprint density at radius 2 is 2.18 bits per heavy atom. The number of carbonyl (C=O) groups is 1. The summed E-state index contributed by atoms with van der Waals surface area (Å²) in [5.74, 6) is 0.731. The minimum Gasteiger partial charge on any atom is -0.330 e. The van der Waals surface area contributed by atoms with Gasteiger partial charge in [0.15, 0.2) is 0 Å². The van der Waals surface area contributed by atoms with Gasteiger partial charge < -0.3 is 11.1 Å². The fraction of sp³-hybridized carbons (Fsp3) is 0.588. The smallest absolute Gasteiger partial charge is 0.238 e. The lowest BCUT2D eigenvalue weighted by Crippen LogP contribution is -2.41. The van der Waals surface area contributed by atoms with Gasteiger partial charge in [-0.2, -0.15) is 0 Å². The number of anilines is 1. The molecule has 0 aliphatic carbocycles. The largest absolute Gasteiger partial charge is 0.330 e. The van der Waals surface area contributed by atoms with E-state index >= 15 is 0 Å². The lowest BCUT2D eigenvalue weighted by molar-refractivity contribution is -0.117. The van der Waals surface area contributed by atoms with E-state index in [9.17, 15) is 4.79 Å². The summed E-state index contributed by atoms with van der Waals surface area (Å²) in [5, 5.41) is 3.04. The van der Waals surface area contributed by atoms with Crippen LogP contribution >= 0.6 is 12.4 Å². The van der Waals surface area contributed by atoms with Crippen molar-refractivity contribution in [3.63, 3.8) is 0 Å². The van der Waals surface area contributed by atoms with Gasteiger partial charge in [-0.25, -0.2) is 0 Å². The summed E-state index contributed by atoms with van der Waals surface area (Å²) in [7, 11) is 0. The standard InChI is InChI=1S/C17H27N3O.ClH/c1-13-5-3-7-16(14(13)2)19-17(21)12-20-10-4-6-15(11-20)8-9-18;/h3,5,7,15H,4,6,8-12,18H2,1-2H3,(H,19,21);1H. The average molecular weight is 326 g/mol. The molecule has 5 heteroatoms. The predicted octanol–water partition coefficient (Wildman–Crippen LogP) is 2.72. The fourth-order valence-electron chi connectivity index (χ4n) is 3.05. The van der Waals surface area contributed by atoms with E-state index in [1.165, 1.54) is 18.4 Å². The monoisotopic (exact) mass is 325 g/mol. The van der Waals surface area contributed by atoms with Crippen LogP contribution in [0.3, 0.4) is 0 Å². The zero-order valence-electron chi connectivity index (χ0n) is 13.6. The van der Waals surface area contributed by atoms with Crippen LogP contribution in [-0.4, -0.2) is 37.0 Å². The van der Waals surface area contributed by atoms with Gasteiger partial charge in [-0.05, 0) is 69.3 Å². The topological polar surface area (TPSA) is 58.4 Å². The van der Waals surface area contributed by atoms with Gasteiger partial charge in [-0.3, -0.25) is 9.69 Å². The molecule has 0 bridgehead atoms. The number of amides is 1. The number of halogens is 1. The van der Waals surface area contributed by atoms with Crippen LogP contribution in [-0.2, 0) is 4.79 Å². The van der Waals surface area contributed by atoms with Crippen molar-refractivity contribution in [2.75, 3.05) is 31.5 Å². The first-order chi connectivity index (χ1) is 10.1. The summed E-state index contributed by atoms with van der Waals surface area (Å²) >= 11 is 0. The van der Waals surface area contributed by atoms with Gasteiger partial charge in [-0.15, -0.1) is 12.4 Å². The first-order valence-corrected chi connectivity index (χ1v) is 7.88. The number of hydrogen-bond donors (Lipinski definition) is 2. The van der Waals surface area contributed by atoms with Gasteiger partial charge in [0.1, 0.15) is 0 Å². The molecule has 0 saturated carbocycles. The Labute approximate surface area is 139 Å². The number of aryl methyl sites for hydroxylation is 1. The highest BCUT2D eigenvalue weighted by atomic mass is 35.5. The summed E-state index contributed by atoms with van der Waals surface area (Å²) in [5.41, 5.74) is 8.91. The molecule has 22 heavy (non-hydrogen) atoms. The van der Waals surface area contributed by atoms with E-state index < -0.39 is 0 Å².